The molecule has 3 nitrogen and oxygen atoms in total. The molecule has 2 aliphatic rings. The van der Waals surface area contributed by atoms with Crippen molar-refractivity contribution in [2.45, 2.75) is 31.2 Å². The molecule has 16 heavy (non-hydrogen) atoms. The maximum absolute atomic E-state index is 13.4. The average Bonchev–Trinajstić information content (AvgIpc) is 2.90. The zero-order valence-electron chi connectivity index (χ0n) is 9.13. The Labute approximate surface area is 93.3 Å². The van der Waals surface area contributed by atoms with E-state index in [1.54, 1.807) is 6.07 Å². The SMILES string of the molecule is CC(N)C1(c2ccc(F)c3c2OCO3)CC1. The van der Waals surface area contributed by atoms with Crippen LogP contribution in [0.4, 0.5) is 4.39 Å². The highest BCUT2D eigenvalue weighted by molar-refractivity contribution is 5.54. The van der Waals surface area contributed by atoms with E-state index in [1.807, 2.05) is 6.92 Å². The van der Waals surface area contributed by atoms with Gasteiger partial charge in [-0.3, -0.25) is 0 Å². The molecule has 0 spiro atoms. The van der Waals surface area contributed by atoms with Crippen LogP contribution in [0.15, 0.2) is 12.1 Å². The predicted molar refractivity (Wildman–Crippen MR) is 57.1 cm³/mol. The second-order valence-corrected chi connectivity index (χ2v) is 4.60. The quantitative estimate of drug-likeness (QED) is 0.833. The van der Waals surface area contributed by atoms with Crippen LogP contribution in [-0.2, 0) is 5.41 Å². The largest absolute Gasteiger partial charge is 0.453 e. The van der Waals surface area contributed by atoms with E-state index in [0.29, 0.717) is 5.75 Å². The number of ether oxygens (including phenoxy) is 2. The Morgan fingerprint density at radius 1 is 1.31 bits per heavy atom. The first-order chi connectivity index (χ1) is 7.65. The van der Waals surface area contributed by atoms with Gasteiger partial charge in [-0.05, 0) is 25.8 Å². The molecule has 0 bridgehead atoms. The Balaban J connectivity index is 2.13. The summed E-state index contributed by atoms with van der Waals surface area (Å²) in [5, 5.41) is 0. The number of benzene rings is 1. The van der Waals surface area contributed by atoms with Crippen molar-refractivity contribution in [2.24, 2.45) is 5.73 Å². The molecule has 86 valence electrons. The van der Waals surface area contributed by atoms with E-state index in [-0.39, 0.29) is 29.8 Å². The fourth-order valence-electron chi connectivity index (χ4n) is 2.46. The van der Waals surface area contributed by atoms with Crippen molar-refractivity contribution >= 4 is 0 Å². The highest BCUT2D eigenvalue weighted by atomic mass is 19.1. The van der Waals surface area contributed by atoms with Crippen molar-refractivity contribution in [3.63, 3.8) is 0 Å². The van der Waals surface area contributed by atoms with Crippen LogP contribution in [0.1, 0.15) is 25.3 Å². The van der Waals surface area contributed by atoms with Crippen molar-refractivity contribution in [1.82, 2.24) is 0 Å². The fraction of sp³-hybridized carbons (Fsp3) is 0.500. The molecule has 0 saturated heterocycles. The Morgan fingerprint density at radius 2 is 2.00 bits per heavy atom. The minimum Gasteiger partial charge on any atom is -0.453 e. The first-order valence-corrected chi connectivity index (χ1v) is 5.49. The van der Waals surface area contributed by atoms with E-state index in [9.17, 15) is 4.39 Å². The highest BCUT2D eigenvalue weighted by Crippen LogP contribution is 2.56. The summed E-state index contributed by atoms with van der Waals surface area (Å²) in [7, 11) is 0. The van der Waals surface area contributed by atoms with Gasteiger partial charge in [0.1, 0.15) is 0 Å². The van der Waals surface area contributed by atoms with Gasteiger partial charge in [-0.25, -0.2) is 4.39 Å². The maximum Gasteiger partial charge on any atom is 0.231 e. The lowest BCUT2D eigenvalue weighted by Crippen LogP contribution is -2.31. The van der Waals surface area contributed by atoms with Crippen molar-refractivity contribution < 1.29 is 13.9 Å². The predicted octanol–water partition coefficient (Wildman–Crippen LogP) is 1.93. The molecule has 1 fully saturated rings. The molecular weight excluding hydrogens is 209 g/mol. The van der Waals surface area contributed by atoms with Gasteiger partial charge in [0, 0.05) is 17.0 Å². The second kappa shape index (κ2) is 3.10. The standard InChI is InChI=1S/C12H14FNO2/c1-7(14)12(4-5-12)8-2-3-9(13)11-10(8)15-6-16-11/h2-3,7H,4-6,14H2,1H3. The summed E-state index contributed by atoms with van der Waals surface area (Å²) in [6.45, 7) is 2.08. The minimum atomic E-state index is -0.364. The van der Waals surface area contributed by atoms with E-state index in [0.717, 1.165) is 18.4 Å². The summed E-state index contributed by atoms with van der Waals surface area (Å²) in [6, 6.07) is 3.26. The van der Waals surface area contributed by atoms with Crippen LogP contribution in [0, 0.1) is 5.82 Å². The van der Waals surface area contributed by atoms with Crippen LogP contribution in [0.2, 0.25) is 0 Å². The van der Waals surface area contributed by atoms with Crippen LogP contribution in [0.25, 0.3) is 0 Å². The molecular formula is C12H14FNO2. The van der Waals surface area contributed by atoms with E-state index >= 15 is 0 Å². The molecule has 1 saturated carbocycles. The van der Waals surface area contributed by atoms with E-state index in [4.69, 9.17) is 15.2 Å². The van der Waals surface area contributed by atoms with Gasteiger partial charge in [0.2, 0.25) is 12.5 Å². The monoisotopic (exact) mass is 223 g/mol. The molecule has 0 amide bonds. The van der Waals surface area contributed by atoms with Crippen molar-refractivity contribution in [3.8, 4) is 11.5 Å². The van der Waals surface area contributed by atoms with Gasteiger partial charge in [-0.2, -0.15) is 0 Å². The lowest BCUT2D eigenvalue weighted by molar-refractivity contribution is 0.169. The summed E-state index contributed by atoms with van der Waals surface area (Å²) < 4.78 is 23.9. The lowest BCUT2D eigenvalue weighted by Gasteiger charge is -2.21. The molecule has 0 radical (unpaired) electrons. The number of halogens is 1. The third-order valence-corrected chi connectivity index (χ3v) is 3.67. The molecule has 4 heteroatoms. The Kier molecular flexibility index (Phi) is 1.92. The summed E-state index contributed by atoms with van der Waals surface area (Å²) >= 11 is 0. The van der Waals surface area contributed by atoms with E-state index in [2.05, 4.69) is 0 Å². The van der Waals surface area contributed by atoms with Gasteiger partial charge < -0.3 is 15.2 Å². The minimum absolute atomic E-state index is 0.0362. The van der Waals surface area contributed by atoms with E-state index in [1.165, 1.54) is 6.07 Å². The number of fused-ring (bicyclic) bond motifs is 1. The number of hydrogen-bond acceptors (Lipinski definition) is 3. The van der Waals surface area contributed by atoms with Gasteiger partial charge in [-0.1, -0.05) is 6.07 Å². The zero-order valence-corrected chi connectivity index (χ0v) is 9.13. The van der Waals surface area contributed by atoms with Crippen molar-refractivity contribution in [2.75, 3.05) is 6.79 Å². The smallest absolute Gasteiger partial charge is 0.231 e. The Morgan fingerprint density at radius 3 is 2.62 bits per heavy atom. The summed E-state index contributed by atoms with van der Waals surface area (Å²) in [6.07, 6.45) is 2.07. The average molecular weight is 223 g/mol. The molecule has 1 aromatic carbocycles. The van der Waals surface area contributed by atoms with Crippen LogP contribution in [0.3, 0.4) is 0 Å². The number of hydrogen-bond donors (Lipinski definition) is 1. The lowest BCUT2D eigenvalue weighted by atomic mass is 9.88. The molecule has 1 aromatic rings. The zero-order chi connectivity index (χ0) is 11.3. The normalized spacial score (nSPS) is 21.9. The maximum atomic E-state index is 13.4. The van der Waals surface area contributed by atoms with E-state index < -0.39 is 0 Å². The Hall–Kier alpha value is -1.29. The van der Waals surface area contributed by atoms with Crippen molar-refractivity contribution in [1.29, 1.82) is 0 Å². The molecule has 0 aromatic heterocycles. The van der Waals surface area contributed by atoms with Gasteiger partial charge >= 0.3 is 0 Å². The summed E-state index contributed by atoms with van der Waals surface area (Å²) in [4.78, 5) is 0. The van der Waals surface area contributed by atoms with Gasteiger partial charge in [0.15, 0.2) is 11.6 Å². The molecule has 2 N–H and O–H groups in total. The second-order valence-electron chi connectivity index (χ2n) is 4.60. The molecule has 1 aliphatic heterocycles. The van der Waals surface area contributed by atoms with Crippen molar-refractivity contribution in [3.05, 3.63) is 23.5 Å². The summed E-state index contributed by atoms with van der Waals surface area (Å²) in [5.41, 5.74) is 6.97. The summed E-state index contributed by atoms with van der Waals surface area (Å²) in [5.74, 6) is 0.427. The van der Waals surface area contributed by atoms with Crippen LogP contribution in [-0.4, -0.2) is 12.8 Å². The van der Waals surface area contributed by atoms with Crippen LogP contribution in [0.5, 0.6) is 11.5 Å². The molecule has 1 heterocycles. The molecule has 1 aliphatic carbocycles. The van der Waals surface area contributed by atoms with Gasteiger partial charge in [-0.15, -0.1) is 0 Å². The number of nitrogens with two attached hydrogens (primary N) is 1. The third-order valence-electron chi connectivity index (χ3n) is 3.67. The number of rotatable bonds is 2. The topological polar surface area (TPSA) is 44.5 Å². The van der Waals surface area contributed by atoms with Gasteiger partial charge in [0.05, 0.1) is 0 Å². The van der Waals surface area contributed by atoms with Crippen LogP contribution < -0.4 is 15.2 Å². The van der Waals surface area contributed by atoms with Crippen LogP contribution >= 0.6 is 0 Å². The highest BCUT2D eigenvalue weighted by Gasteiger charge is 2.50. The first-order valence-electron chi connectivity index (χ1n) is 5.49. The first kappa shape index (κ1) is 9.90. The fourth-order valence-corrected chi connectivity index (χ4v) is 2.46. The molecule has 1 unspecified atom stereocenters. The van der Waals surface area contributed by atoms with Gasteiger partial charge in [0.25, 0.3) is 0 Å². The Bertz CT molecular complexity index is 441. The molecule has 1 atom stereocenters. The molecule has 3 rings (SSSR count). The third kappa shape index (κ3) is 1.16.